The molecular formula is C27H28FN5O2. The number of benzene rings is 1. The van der Waals surface area contributed by atoms with E-state index in [0.29, 0.717) is 36.7 Å². The minimum atomic E-state index is -0.242. The Labute approximate surface area is 203 Å². The van der Waals surface area contributed by atoms with Gasteiger partial charge in [-0.2, -0.15) is 0 Å². The Kier molecular flexibility index (Phi) is 4.82. The lowest BCUT2D eigenvalue weighted by atomic mass is 9.71. The third kappa shape index (κ3) is 3.50. The van der Waals surface area contributed by atoms with Crippen molar-refractivity contribution < 1.29 is 13.9 Å². The summed E-state index contributed by atoms with van der Waals surface area (Å²) < 4.78 is 20.4. The molecule has 0 atom stereocenters. The molecule has 0 bridgehead atoms. The van der Waals surface area contributed by atoms with Gasteiger partial charge in [-0.25, -0.2) is 14.4 Å². The number of H-pyrrole nitrogens is 1. The molecule has 1 saturated carbocycles. The maximum Gasteiger partial charge on any atom is 0.253 e. The second-order valence-corrected chi connectivity index (χ2v) is 10.4. The summed E-state index contributed by atoms with van der Waals surface area (Å²) in [5.74, 6) is 0.300. The van der Waals surface area contributed by atoms with Crippen molar-refractivity contribution in [2.45, 2.75) is 50.6 Å². The van der Waals surface area contributed by atoms with E-state index in [1.807, 2.05) is 18.3 Å². The number of carbonyl (C=O) groups excluding carboxylic acids is 1. The topological polar surface area (TPSA) is 83.1 Å². The first-order valence-corrected chi connectivity index (χ1v) is 12.6. The molecule has 0 unspecified atom stereocenters. The number of aryl methyl sites for hydroxylation is 1. The zero-order valence-electron chi connectivity index (χ0n) is 19.6. The van der Waals surface area contributed by atoms with Gasteiger partial charge in [0.15, 0.2) is 5.82 Å². The highest BCUT2D eigenvalue weighted by molar-refractivity contribution is 6.01. The minimum absolute atomic E-state index is 0.0408. The van der Waals surface area contributed by atoms with Crippen molar-refractivity contribution in [1.29, 1.82) is 0 Å². The van der Waals surface area contributed by atoms with Crippen LogP contribution in [0.5, 0.6) is 0 Å². The number of rotatable bonds is 3. The quantitative estimate of drug-likeness (QED) is 0.609. The summed E-state index contributed by atoms with van der Waals surface area (Å²) in [7, 11) is 0. The van der Waals surface area contributed by atoms with Gasteiger partial charge in [0.25, 0.3) is 5.91 Å². The summed E-state index contributed by atoms with van der Waals surface area (Å²) in [4.78, 5) is 28.2. The number of aromatic amines is 1. The molecule has 1 aromatic carbocycles. The standard InChI is InChI=1S/C27H28FN5O2/c28-20-12-16(2-3-18(20)15-33-8-10-35-11-9-33)25-29-14-17-4-5-19-22-21(30-24(19)23(17)31-25)13-27(6-1-7-27)32-26(22)34/h2-3,12,14,30H,1,4-11,13,15H2,(H,32,34). The van der Waals surface area contributed by atoms with Crippen LogP contribution in [-0.2, 0) is 30.5 Å². The highest BCUT2D eigenvalue weighted by Crippen LogP contribution is 2.43. The molecule has 7 rings (SSSR count). The third-order valence-electron chi connectivity index (χ3n) is 8.17. The Hall–Kier alpha value is -3.10. The predicted octanol–water partition coefficient (Wildman–Crippen LogP) is 3.42. The SMILES string of the molecule is O=C1NC2(CCC2)Cc2[nH]c3c(c21)CCc1cnc(-c2ccc(CN4CCOCC4)c(F)c2)nc1-3. The molecule has 2 N–H and O–H groups in total. The lowest BCUT2D eigenvalue weighted by Crippen LogP contribution is -2.57. The van der Waals surface area contributed by atoms with Crippen LogP contribution in [0.3, 0.4) is 0 Å². The summed E-state index contributed by atoms with van der Waals surface area (Å²) in [6.07, 6.45) is 7.53. The zero-order chi connectivity index (χ0) is 23.6. The van der Waals surface area contributed by atoms with Gasteiger partial charge in [0, 0.05) is 54.6 Å². The van der Waals surface area contributed by atoms with E-state index < -0.39 is 0 Å². The number of carbonyl (C=O) groups is 1. The minimum Gasteiger partial charge on any atom is -0.379 e. The third-order valence-corrected chi connectivity index (χ3v) is 8.17. The number of ether oxygens (including phenoxy) is 1. The van der Waals surface area contributed by atoms with Crippen LogP contribution in [0.1, 0.15) is 52.0 Å². The molecule has 2 aliphatic heterocycles. The second-order valence-electron chi connectivity index (χ2n) is 10.4. The molecule has 2 aliphatic carbocycles. The first-order chi connectivity index (χ1) is 17.1. The molecule has 4 heterocycles. The Bertz CT molecular complexity index is 1340. The van der Waals surface area contributed by atoms with Crippen molar-refractivity contribution in [2.75, 3.05) is 26.3 Å². The number of fused-ring (bicyclic) bond motifs is 5. The van der Waals surface area contributed by atoms with Gasteiger partial charge in [0.1, 0.15) is 5.82 Å². The van der Waals surface area contributed by atoms with Crippen molar-refractivity contribution in [2.24, 2.45) is 0 Å². The number of hydrogen-bond acceptors (Lipinski definition) is 5. The van der Waals surface area contributed by atoms with Gasteiger partial charge in [-0.3, -0.25) is 9.69 Å². The van der Waals surface area contributed by atoms with E-state index in [2.05, 4.69) is 20.2 Å². The molecule has 3 aromatic rings. The average Bonchev–Trinajstić information content (AvgIpc) is 3.24. The molecule has 2 fully saturated rings. The number of hydrogen-bond donors (Lipinski definition) is 2. The van der Waals surface area contributed by atoms with Crippen molar-refractivity contribution in [3.05, 3.63) is 58.2 Å². The van der Waals surface area contributed by atoms with Gasteiger partial charge in [0.2, 0.25) is 0 Å². The summed E-state index contributed by atoms with van der Waals surface area (Å²) in [6.45, 7) is 3.58. The van der Waals surface area contributed by atoms with Crippen LogP contribution in [0.4, 0.5) is 4.39 Å². The van der Waals surface area contributed by atoms with E-state index in [4.69, 9.17) is 9.72 Å². The number of amides is 1. The first kappa shape index (κ1) is 21.2. The predicted molar refractivity (Wildman–Crippen MR) is 128 cm³/mol. The molecule has 7 nitrogen and oxygen atoms in total. The monoisotopic (exact) mass is 473 g/mol. The van der Waals surface area contributed by atoms with Crippen LogP contribution in [0.2, 0.25) is 0 Å². The van der Waals surface area contributed by atoms with Crippen LogP contribution in [0.15, 0.2) is 24.4 Å². The zero-order valence-corrected chi connectivity index (χ0v) is 19.6. The molecule has 8 heteroatoms. The van der Waals surface area contributed by atoms with Gasteiger partial charge < -0.3 is 15.0 Å². The van der Waals surface area contributed by atoms with E-state index in [1.165, 1.54) is 6.07 Å². The van der Waals surface area contributed by atoms with E-state index in [1.54, 1.807) is 0 Å². The first-order valence-electron chi connectivity index (χ1n) is 12.6. The molecule has 1 spiro atoms. The van der Waals surface area contributed by atoms with Crippen molar-refractivity contribution >= 4 is 5.91 Å². The van der Waals surface area contributed by atoms with Crippen LogP contribution in [0.25, 0.3) is 22.8 Å². The lowest BCUT2D eigenvalue weighted by molar-refractivity contribution is 0.0337. The number of aromatic nitrogens is 3. The fourth-order valence-corrected chi connectivity index (χ4v) is 6.07. The lowest BCUT2D eigenvalue weighted by Gasteiger charge is -2.45. The summed E-state index contributed by atoms with van der Waals surface area (Å²) in [5.41, 5.74) is 6.97. The number of halogens is 1. The van der Waals surface area contributed by atoms with E-state index in [-0.39, 0.29) is 17.3 Å². The smallest absolute Gasteiger partial charge is 0.253 e. The van der Waals surface area contributed by atoms with Crippen molar-refractivity contribution in [1.82, 2.24) is 25.2 Å². The van der Waals surface area contributed by atoms with Crippen molar-refractivity contribution in [3.63, 3.8) is 0 Å². The highest BCUT2D eigenvalue weighted by Gasteiger charge is 2.45. The van der Waals surface area contributed by atoms with Gasteiger partial charge in [-0.15, -0.1) is 0 Å². The molecule has 180 valence electrons. The molecule has 1 amide bonds. The van der Waals surface area contributed by atoms with Crippen molar-refractivity contribution in [3.8, 4) is 22.8 Å². The number of nitrogens with zero attached hydrogens (tertiary/aromatic N) is 3. The summed E-state index contributed by atoms with van der Waals surface area (Å²) >= 11 is 0. The van der Waals surface area contributed by atoms with Crippen LogP contribution in [-0.4, -0.2) is 57.6 Å². The Morgan fingerprint density at radius 1 is 1.17 bits per heavy atom. The molecule has 2 aromatic heterocycles. The molecule has 4 aliphatic rings. The fraction of sp³-hybridized carbons (Fsp3) is 0.444. The Balaban J connectivity index is 1.21. The Morgan fingerprint density at radius 2 is 2.03 bits per heavy atom. The summed E-state index contributed by atoms with van der Waals surface area (Å²) in [5, 5.41) is 3.28. The maximum absolute atomic E-state index is 15.0. The number of morpholine rings is 1. The highest BCUT2D eigenvalue weighted by atomic mass is 19.1. The van der Waals surface area contributed by atoms with Crippen LogP contribution < -0.4 is 5.32 Å². The molecule has 0 radical (unpaired) electrons. The average molecular weight is 474 g/mol. The largest absolute Gasteiger partial charge is 0.379 e. The fourth-order valence-electron chi connectivity index (χ4n) is 6.07. The van der Waals surface area contributed by atoms with Crippen LogP contribution in [0, 0.1) is 5.82 Å². The molecule has 35 heavy (non-hydrogen) atoms. The summed E-state index contributed by atoms with van der Waals surface area (Å²) in [6, 6.07) is 5.27. The van der Waals surface area contributed by atoms with Crippen LogP contribution >= 0.6 is 0 Å². The van der Waals surface area contributed by atoms with Gasteiger partial charge >= 0.3 is 0 Å². The van der Waals surface area contributed by atoms with Gasteiger partial charge in [0.05, 0.1) is 30.2 Å². The van der Waals surface area contributed by atoms with E-state index >= 15 is 4.39 Å². The maximum atomic E-state index is 15.0. The normalized spacial score (nSPS) is 20.5. The Morgan fingerprint density at radius 3 is 2.80 bits per heavy atom. The second kappa shape index (κ2) is 7.96. The van der Waals surface area contributed by atoms with Gasteiger partial charge in [-0.05, 0) is 49.3 Å². The molecular weight excluding hydrogens is 445 g/mol. The van der Waals surface area contributed by atoms with E-state index in [0.717, 1.165) is 85.4 Å². The van der Waals surface area contributed by atoms with Gasteiger partial charge in [-0.1, -0.05) is 12.1 Å². The molecule has 1 saturated heterocycles. The van der Waals surface area contributed by atoms with E-state index in [9.17, 15) is 4.79 Å². The number of nitrogens with one attached hydrogen (secondary N) is 2.